The Labute approximate surface area is 147 Å². The second-order valence-corrected chi connectivity index (χ2v) is 9.49. The maximum absolute atomic E-state index is 12.7. The molecule has 2 fully saturated rings. The lowest BCUT2D eigenvalue weighted by atomic mass is 9.70. The number of fused-ring (bicyclic) bond motifs is 2. The first-order valence-electron chi connectivity index (χ1n) is 7.85. The summed E-state index contributed by atoms with van der Waals surface area (Å²) in [6.45, 7) is 3.98. The summed E-state index contributed by atoms with van der Waals surface area (Å²) < 4.78 is 27.9. The van der Waals surface area contributed by atoms with Crippen molar-refractivity contribution in [1.82, 2.24) is 0 Å². The maximum Gasteiger partial charge on any atom is 0.233 e. The molecule has 1 aromatic rings. The zero-order chi connectivity index (χ0) is 17.8. The van der Waals surface area contributed by atoms with Crippen molar-refractivity contribution in [2.24, 2.45) is 16.7 Å². The fourth-order valence-corrected chi connectivity index (χ4v) is 6.41. The monoisotopic (exact) mass is 366 g/mol. The molecule has 0 spiro atoms. The van der Waals surface area contributed by atoms with Crippen LogP contribution in [0.1, 0.15) is 38.7 Å². The Morgan fingerprint density at radius 1 is 1.42 bits per heavy atom. The molecule has 0 aliphatic heterocycles. The molecule has 24 heavy (non-hydrogen) atoms. The minimum Gasteiger partial charge on any atom is -0.299 e. The van der Waals surface area contributed by atoms with Gasteiger partial charge in [-0.15, -0.1) is 0 Å². The lowest BCUT2D eigenvalue weighted by Gasteiger charge is -2.36. The Balaban J connectivity index is 1.92. The van der Waals surface area contributed by atoms with Crippen LogP contribution in [0, 0.1) is 28.1 Å². The molecule has 1 aromatic carbocycles. The molecule has 0 unspecified atom stereocenters. The van der Waals surface area contributed by atoms with Gasteiger partial charge < -0.3 is 0 Å². The molecule has 0 heterocycles. The number of hydrogen-bond acceptors (Lipinski definition) is 4. The van der Waals surface area contributed by atoms with E-state index in [9.17, 15) is 13.2 Å². The lowest BCUT2D eigenvalue weighted by molar-refractivity contribution is -0.128. The number of carbonyl (C=O) groups is 1. The average Bonchev–Trinajstić information content (AvgIpc) is 2.80. The fraction of sp³-hybridized carbons (Fsp3) is 0.529. The second-order valence-electron chi connectivity index (χ2n) is 7.33. The number of sulfonamides is 1. The molecule has 2 aliphatic carbocycles. The molecule has 7 heteroatoms. The Bertz CT molecular complexity index is 857. The number of benzene rings is 1. The van der Waals surface area contributed by atoms with Gasteiger partial charge >= 0.3 is 0 Å². The number of nitriles is 1. The fourth-order valence-electron chi connectivity index (χ4n) is 4.33. The topological polar surface area (TPSA) is 87.0 Å². The molecule has 5 nitrogen and oxygen atoms in total. The predicted molar refractivity (Wildman–Crippen MR) is 92.1 cm³/mol. The van der Waals surface area contributed by atoms with Crippen molar-refractivity contribution >= 4 is 33.1 Å². The Morgan fingerprint density at radius 2 is 2.12 bits per heavy atom. The van der Waals surface area contributed by atoms with E-state index in [2.05, 4.69) is 4.72 Å². The van der Waals surface area contributed by atoms with Crippen molar-refractivity contribution in [3.63, 3.8) is 0 Å². The molecular weight excluding hydrogens is 348 g/mol. The van der Waals surface area contributed by atoms with Gasteiger partial charge in [-0.05, 0) is 42.4 Å². The van der Waals surface area contributed by atoms with Crippen LogP contribution in [0.15, 0.2) is 18.2 Å². The highest BCUT2D eigenvalue weighted by atomic mass is 35.5. The number of nitrogens with zero attached hydrogens (tertiary/aromatic N) is 1. The minimum absolute atomic E-state index is 0.0423. The maximum atomic E-state index is 12.7. The van der Waals surface area contributed by atoms with Gasteiger partial charge in [0.1, 0.15) is 11.9 Å². The van der Waals surface area contributed by atoms with E-state index >= 15 is 0 Å². The van der Waals surface area contributed by atoms with E-state index in [1.165, 1.54) is 18.2 Å². The summed E-state index contributed by atoms with van der Waals surface area (Å²) in [4.78, 5) is 12.5. The molecule has 2 saturated carbocycles. The average molecular weight is 367 g/mol. The third-order valence-corrected chi connectivity index (χ3v) is 7.58. The van der Waals surface area contributed by atoms with Crippen LogP contribution < -0.4 is 4.72 Å². The van der Waals surface area contributed by atoms with Crippen LogP contribution in [0.4, 0.5) is 5.69 Å². The number of hydrogen-bond donors (Lipinski definition) is 1. The van der Waals surface area contributed by atoms with E-state index in [0.29, 0.717) is 17.9 Å². The van der Waals surface area contributed by atoms with Crippen molar-refractivity contribution in [3.8, 4) is 6.07 Å². The number of anilines is 1. The van der Waals surface area contributed by atoms with Gasteiger partial charge in [0.05, 0.1) is 22.4 Å². The Hall–Kier alpha value is -1.58. The van der Waals surface area contributed by atoms with E-state index in [0.717, 1.165) is 6.42 Å². The highest BCUT2D eigenvalue weighted by molar-refractivity contribution is 7.92. The van der Waals surface area contributed by atoms with Crippen LogP contribution in [0.25, 0.3) is 0 Å². The molecule has 3 rings (SSSR count). The largest absolute Gasteiger partial charge is 0.299 e. The van der Waals surface area contributed by atoms with Gasteiger partial charge in [0.2, 0.25) is 10.0 Å². The van der Waals surface area contributed by atoms with E-state index in [-0.39, 0.29) is 34.1 Å². The van der Waals surface area contributed by atoms with E-state index in [4.69, 9.17) is 16.9 Å². The summed E-state index contributed by atoms with van der Waals surface area (Å²) in [5.41, 5.74) is -0.818. The van der Waals surface area contributed by atoms with Gasteiger partial charge in [-0.3, -0.25) is 9.52 Å². The molecule has 2 bridgehead atoms. The SMILES string of the molecule is CC1(C)[C@@H]2CC[C@@]1(CS(=O)(=O)Nc1cc(Cl)ccc1C#N)C(=O)C2. The smallest absolute Gasteiger partial charge is 0.233 e. The number of halogens is 1. The highest BCUT2D eigenvalue weighted by Crippen LogP contribution is 2.64. The third kappa shape index (κ3) is 2.51. The first-order chi connectivity index (χ1) is 11.1. The molecule has 0 aromatic heterocycles. The zero-order valence-corrected chi connectivity index (χ0v) is 15.2. The molecule has 0 amide bonds. The van der Waals surface area contributed by atoms with Crippen molar-refractivity contribution in [2.45, 2.75) is 33.1 Å². The van der Waals surface area contributed by atoms with Gasteiger partial charge in [-0.2, -0.15) is 5.26 Å². The van der Waals surface area contributed by atoms with Gasteiger partial charge in [0.25, 0.3) is 0 Å². The number of carbonyl (C=O) groups excluding carboxylic acids is 1. The normalized spacial score (nSPS) is 27.9. The molecule has 2 atom stereocenters. The van der Waals surface area contributed by atoms with Crippen LogP contribution in [0.3, 0.4) is 0 Å². The van der Waals surface area contributed by atoms with Crippen LogP contribution in [-0.4, -0.2) is 20.0 Å². The minimum atomic E-state index is -3.80. The Kier molecular flexibility index (Phi) is 3.93. The standard InChI is InChI=1S/C17H19ClN2O3S/c1-16(2)12-5-6-17(16,15(21)7-12)10-24(22,23)20-14-8-13(18)4-3-11(14)9-19/h3-4,8,12,20H,5-7,10H2,1-2H3/t12-,17-/m1/s1. The van der Waals surface area contributed by atoms with Crippen molar-refractivity contribution < 1.29 is 13.2 Å². The molecule has 0 saturated heterocycles. The van der Waals surface area contributed by atoms with Crippen molar-refractivity contribution in [1.29, 1.82) is 5.26 Å². The first-order valence-corrected chi connectivity index (χ1v) is 9.88. The first kappa shape index (κ1) is 17.2. The zero-order valence-electron chi connectivity index (χ0n) is 13.6. The lowest BCUT2D eigenvalue weighted by Crippen LogP contribution is -2.43. The van der Waals surface area contributed by atoms with E-state index in [1.807, 2.05) is 19.9 Å². The van der Waals surface area contributed by atoms with Gasteiger partial charge in [0.15, 0.2) is 0 Å². The summed E-state index contributed by atoms with van der Waals surface area (Å²) in [5, 5.41) is 9.47. The number of nitrogens with one attached hydrogen (secondary N) is 1. The Morgan fingerprint density at radius 3 is 2.67 bits per heavy atom. The molecular formula is C17H19ClN2O3S. The highest BCUT2D eigenvalue weighted by Gasteiger charge is 2.65. The molecule has 128 valence electrons. The number of Topliss-reactive ketones (excluding diaryl/α,β-unsaturated/α-hetero) is 1. The third-order valence-electron chi connectivity index (χ3n) is 5.94. The van der Waals surface area contributed by atoms with E-state index in [1.54, 1.807) is 0 Å². The summed E-state index contributed by atoms with van der Waals surface area (Å²) in [6.07, 6.45) is 1.95. The van der Waals surface area contributed by atoms with Gasteiger partial charge in [-0.1, -0.05) is 25.4 Å². The summed E-state index contributed by atoms with van der Waals surface area (Å²) in [6, 6.07) is 6.35. The van der Waals surface area contributed by atoms with Crippen LogP contribution in [0.5, 0.6) is 0 Å². The summed E-state index contributed by atoms with van der Waals surface area (Å²) in [7, 11) is -3.80. The predicted octanol–water partition coefficient (Wildman–Crippen LogP) is 3.35. The quantitative estimate of drug-likeness (QED) is 0.885. The summed E-state index contributed by atoms with van der Waals surface area (Å²) >= 11 is 5.90. The van der Waals surface area contributed by atoms with E-state index < -0.39 is 15.4 Å². The van der Waals surface area contributed by atoms with Crippen molar-refractivity contribution in [3.05, 3.63) is 28.8 Å². The van der Waals surface area contributed by atoms with Crippen LogP contribution in [-0.2, 0) is 14.8 Å². The van der Waals surface area contributed by atoms with Gasteiger partial charge in [0, 0.05) is 11.4 Å². The number of ketones is 1. The van der Waals surface area contributed by atoms with Crippen LogP contribution >= 0.6 is 11.6 Å². The summed E-state index contributed by atoms with van der Waals surface area (Å²) in [5.74, 6) is 0.0430. The molecule has 0 radical (unpaired) electrons. The number of rotatable bonds is 4. The van der Waals surface area contributed by atoms with Crippen LogP contribution in [0.2, 0.25) is 5.02 Å². The van der Waals surface area contributed by atoms with Gasteiger partial charge in [-0.25, -0.2) is 8.42 Å². The van der Waals surface area contributed by atoms with Crippen molar-refractivity contribution in [2.75, 3.05) is 10.5 Å². The second kappa shape index (κ2) is 5.47. The molecule has 2 aliphatic rings. The molecule has 1 N–H and O–H groups in total.